The van der Waals surface area contributed by atoms with E-state index in [1.165, 1.54) is 0 Å². The van der Waals surface area contributed by atoms with Gasteiger partial charge < -0.3 is 34.5 Å². The molecule has 0 atom stereocenters. The summed E-state index contributed by atoms with van der Waals surface area (Å²) < 4.78 is 22.1. The lowest BCUT2D eigenvalue weighted by molar-refractivity contribution is -0.147. The number of amides is 1. The van der Waals surface area contributed by atoms with E-state index in [1.54, 1.807) is 24.5 Å². The molecule has 1 aliphatic rings. The van der Waals surface area contributed by atoms with E-state index < -0.39 is 18.5 Å². The maximum absolute atomic E-state index is 12.5. The van der Waals surface area contributed by atoms with Crippen molar-refractivity contribution in [3.05, 3.63) is 30.6 Å². The molecule has 1 aromatic carbocycles. The zero-order chi connectivity index (χ0) is 24.2. The number of aromatic nitrogens is 2. The first-order valence-electron chi connectivity index (χ1n) is 11.3. The normalized spacial score (nSPS) is 13.2. The number of carbonyl (C=O) groups is 2. The van der Waals surface area contributed by atoms with Crippen LogP contribution in [0.1, 0.15) is 20.3 Å². The van der Waals surface area contributed by atoms with Gasteiger partial charge in [-0.05, 0) is 19.9 Å². The summed E-state index contributed by atoms with van der Waals surface area (Å²) in [6.07, 6.45) is 3.26. The molecule has 11 heteroatoms. The summed E-state index contributed by atoms with van der Waals surface area (Å²) in [5, 5.41) is 5.67. The van der Waals surface area contributed by atoms with Gasteiger partial charge in [0, 0.05) is 44.2 Å². The Bertz CT molecular complexity index is 937. The van der Waals surface area contributed by atoms with Gasteiger partial charge in [-0.25, -0.2) is 9.97 Å². The quantitative estimate of drug-likeness (QED) is 0.443. The molecule has 0 unspecified atom stereocenters. The summed E-state index contributed by atoms with van der Waals surface area (Å²) in [6.45, 7) is 7.27. The molecule has 1 aromatic heterocycles. The average Bonchev–Trinajstić information content (AvgIpc) is 2.86. The summed E-state index contributed by atoms with van der Waals surface area (Å²) in [5.74, 6) is 0.576. The lowest BCUT2D eigenvalue weighted by atomic mass is 10.2. The van der Waals surface area contributed by atoms with Gasteiger partial charge in [0.1, 0.15) is 11.5 Å². The number of rotatable bonds is 12. The summed E-state index contributed by atoms with van der Waals surface area (Å²) in [5.41, 5.74) is 1.33. The van der Waals surface area contributed by atoms with Crippen molar-refractivity contribution < 1.29 is 28.5 Å². The van der Waals surface area contributed by atoms with Crippen LogP contribution in [0.2, 0.25) is 0 Å². The van der Waals surface area contributed by atoms with Gasteiger partial charge in [-0.1, -0.05) is 0 Å². The van der Waals surface area contributed by atoms with Gasteiger partial charge in [-0.3, -0.25) is 9.59 Å². The Hall–Kier alpha value is -3.60. The van der Waals surface area contributed by atoms with E-state index in [4.69, 9.17) is 18.9 Å². The molecule has 34 heavy (non-hydrogen) atoms. The second-order valence-electron chi connectivity index (χ2n) is 7.24. The molecule has 1 amide bonds. The van der Waals surface area contributed by atoms with Crippen molar-refractivity contribution in [2.45, 2.75) is 20.3 Å². The Morgan fingerprint density at radius 2 is 1.76 bits per heavy atom. The summed E-state index contributed by atoms with van der Waals surface area (Å²) in [6, 6.07) is 5.30. The second kappa shape index (κ2) is 13.2. The van der Waals surface area contributed by atoms with Gasteiger partial charge in [0.25, 0.3) is 5.91 Å². The van der Waals surface area contributed by atoms with Crippen LogP contribution in [0.15, 0.2) is 30.6 Å². The van der Waals surface area contributed by atoms with Crippen molar-refractivity contribution in [1.29, 1.82) is 0 Å². The molecule has 184 valence electrons. The minimum Gasteiger partial charge on any atom is -0.492 e. The topological polar surface area (TPSA) is 124 Å². The monoisotopic (exact) mass is 473 g/mol. The highest BCUT2D eigenvalue weighted by atomic mass is 16.5. The third-order valence-electron chi connectivity index (χ3n) is 4.83. The van der Waals surface area contributed by atoms with Crippen LogP contribution in [0, 0.1) is 0 Å². The Morgan fingerprint density at radius 3 is 2.47 bits per heavy atom. The van der Waals surface area contributed by atoms with E-state index in [0.29, 0.717) is 56.1 Å². The molecular weight excluding hydrogens is 442 g/mol. The highest BCUT2D eigenvalue weighted by molar-refractivity contribution is 5.95. The fourth-order valence-electron chi connectivity index (χ4n) is 3.32. The predicted molar refractivity (Wildman–Crippen MR) is 127 cm³/mol. The van der Waals surface area contributed by atoms with E-state index in [1.807, 2.05) is 19.9 Å². The van der Waals surface area contributed by atoms with E-state index in [9.17, 15) is 9.59 Å². The van der Waals surface area contributed by atoms with Crippen molar-refractivity contribution in [3.63, 3.8) is 0 Å². The number of esters is 1. The van der Waals surface area contributed by atoms with Crippen LogP contribution in [-0.2, 0) is 19.1 Å². The maximum atomic E-state index is 12.5. The predicted octanol–water partition coefficient (Wildman–Crippen LogP) is 2.09. The Kier molecular flexibility index (Phi) is 9.71. The highest BCUT2D eigenvalue weighted by Gasteiger charge is 2.20. The number of morpholine rings is 1. The lowest BCUT2D eigenvalue weighted by Crippen LogP contribution is -2.36. The Balaban J connectivity index is 1.58. The second-order valence-corrected chi connectivity index (χ2v) is 7.24. The molecule has 1 fully saturated rings. The first-order valence-corrected chi connectivity index (χ1v) is 11.3. The molecule has 0 saturated carbocycles. The Morgan fingerprint density at radius 1 is 1.06 bits per heavy atom. The van der Waals surface area contributed by atoms with Crippen molar-refractivity contribution in [1.82, 2.24) is 9.97 Å². The molecule has 3 rings (SSSR count). The third kappa shape index (κ3) is 7.48. The fraction of sp³-hybridized carbons (Fsp3) is 0.478. The number of anilines is 3. The third-order valence-corrected chi connectivity index (χ3v) is 4.83. The fourth-order valence-corrected chi connectivity index (χ4v) is 3.32. The number of nitrogens with one attached hydrogen (secondary N) is 2. The zero-order valence-electron chi connectivity index (χ0n) is 19.5. The molecule has 0 radical (unpaired) electrons. The largest absolute Gasteiger partial charge is 0.492 e. The van der Waals surface area contributed by atoms with Gasteiger partial charge in [0.15, 0.2) is 6.61 Å². The number of nitrogens with zero attached hydrogens (tertiary/aromatic N) is 3. The molecule has 0 spiro atoms. The van der Waals surface area contributed by atoms with Crippen molar-refractivity contribution in [2.75, 3.05) is 68.2 Å². The number of ether oxygens (including phenoxy) is 4. The molecule has 2 N–H and O–H groups in total. The highest BCUT2D eigenvalue weighted by Crippen LogP contribution is 2.39. The van der Waals surface area contributed by atoms with Gasteiger partial charge >= 0.3 is 5.97 Å². The molecule has 0 bridgehead atoms. The number of benzene rings is 1. The molecule has 0 aliphatic carbocycles. The lowest BCUT2D eigenvalue weighted by Gasteiger charge is -2.31. The summed E-state index contributed by atoms with van der Waals surface area (Å²) in [4.78, 5) is 34.6. The first kappa shape index (κ1) is 25.0. The van der Waals surface area contributed by atoms with Crippen LogP contribution in [-0.4, -0.2) is 74.5 Å². The van der Waals surface area contributed by atoms with Crippen LogP contribution in [0.25, 0.3) is 0 Å². The van der Waals surface area contributed by atoms with Gasteiger partial charge in [-0.2, -0.15) is 0 Å². The first-order chi connectivity index (χ1) is 16.6. The van der Waals surface area contributed by atoms with Gasteiger partial charge in [0.05, 0.1) is 44.2 Å². The smallest absolute Gasteiger partial charge is 0.308 e. The molecular formula is C23H31N5O6. The number of hydrogen-bond donors (Lipinski definition) is 2. The summed E-state index contributed by atoms with van der Waals surface area (Å²) >= 11 is 0. The average molecular weight is 474 g/mol. The molecule has 1 aliphatic heterocycles. The standard InChI is InChI=1S/C23H31N5O6/c1-3-32-19-15-18(28-10-12-31-13-11-28)20(33-4-2)14-17(19)27-21(29)16-34-22(30)6-9-26-23-24-7-5-8-25-23/h5,7-8,14-15H,3-4,6,9-13,16H2,1-2H3,(H,27,29)(H,24,25,26). The van der Waals surface area contributed by atoms with Crippen LogP contribution in [0.3, 0.4) is 0 Å². The minimum atomic E-state index is -0.513. The van der Waals surface area contributed by atoms with Crippen LogP contribution in [0.4, 0.5) is 17.3 Å². The zero-order valence-corrected chi connectivity index (χ0v) is 19.5. The van der Waals surface area contributed by atoms with E-state index in [-0.39, 0.29) is 6.42 Å². The van der Waals surface area contributed by atoms with Crippen LogP contribution in [0.5, 0.6) is 11.5 Å². The van der Waals surface area contributed by atoms with Crippen molar-refractivity contribution in [2.24, 2.45) is 0 Å². The number of carbonyl (C=O) groups excluding carboxylic acids is 2. The van der Waals surface area contributed by atoms with Crippen LogP contribution >= 0.6 is 0 Å². The molecule has 1 saturated heterocycles. The molecule has 11 nitrogen and oxygen atoms in total. The maximum Gasteiger partial charge on any atom is 0.308 e. The van der Waals surface area contributed by atoms with E-state index in [2.05, 4.69) is 25.5 Å². The minimum absolute atomic E-state index is 0.0679. The van der Waals surface area contributed by atoms with E-state index in [0.717, 1.165) is 18.8 Å². The van der Waals surface area contributed by atoms with Crippen molar-refractivity contribution >= 4 is 29.2 Å². The summed E-state index contributed by atoms with van der Waals surface area (Å²) in [7, 11) is 0. The number of hydrogen-bond acceptors (Lipinski definition) is 10. The molecule has 2 aromatic rings. The van der Waals surface area contributed by atoms with Gasteiger partial charge in [-0.15, -0.1) is 0 Å². The molecule has 2 heterocycles. The van der Waals surface area contributed by atoms with Crippen LogP contribution < -0.4 is 25.0 Å². The van der Waals surface area contributed by atoms with E-state index >= 15 is 0 Å². The SMILES string of the molecule is CCOc1cc(N2CCOCC2)c(OCC)cc1NC(=O)COC(=O)CCNc1ncccn1. The van der Waals surface area contributed by atoms with Crippen molar-refractivity contribution in [3.8, 4) is 11.5 Å². The Labute approximate surface area is 198 Å². The van der Waals surface area contributed by atoms with Gasteiger partial charge in [0.2, 0.25) is 5.95 Å².